The number of nitrogens with two attached hydrogens (primary N) is 2. The topological polar surface area (TPSA) is 500 Å². The average molecular weight is 997 g/mol. The number of nitrogens with one attached hydrogen (secondary N) is 8. The quantitative estimate of drug-likeness (QED) is 0.0540. The van der Waals surface area contributed by atoms with Gasteiger partial charge in [0.2, 0.25) is 35.4 Å². The van der Waals surface area contributed by atoms with E-state index in [1.165, 1.54) is 0 Å². The number of nitrogens with zero attached hydrogens (tertiary/aromatic N) is 2. The maximum absolute atomic E-state index is 13.8. The molecule has 0 bridgehead atoms. The van der Waals surface area contributed by atoms with Crippen LogP contribution in [0.4, 0.5) is 0 Å². The van der Waals surface area contributed by atoms with Gasteiger partial charge in [0.1, 0.15) is 48.3 Å². The normalized spacial score (nSPS) is 22.1. The molecule has 1 aliphatic heterocycles. The van der Waals surface area contributed by atoms with Crippen molar-refractivity contribution in [2.75, 3.05) is 26.3 Å². The number of hydrogen-bond donors (Lipinski definition) is 16. The van der Waals surface area contributed by atoms with Crippen molar-refractivity contribution >= 4 is 71.1 Å². The number of aromatic nitrogens is 2. The van der Waals surface area contributed by atoms with E-state index < -0.39 is 170 Å². The Hall–Kier alpha value is -7.44. The lowest BCUT2D eigenvalue weighted by Gasteiger charge is -2.26. The molecule has 2 heterocycles. The molecule has 30 heteroatoms. The first-order chi connectivity index (χ1) is 33.2. The smallest absolute Gasteiger partial charge is 0.326 e. The number of carbonyl (C=O) groups is 12. The Morgan fingerprint density at radius 2 is 0.886 bits per heavy atom. The van der Waals surface area contributed by atoms with Gasteiger partial charge < -0.3 is 84.6 Å². The molecule has 30 nitrogen and oxygen atoms in total. The molecule has 388 valence electrons. The molecule has 70 heavy (non-hydrogen) atoms. The number of aliphatic carboxylic acids is 4. The molecule has 18 N–H and O–H groups in total. The number of fused-ring (bicyclic) bond motifs is 1. The van der Waals surface area contributed by atoms with Crippen molar-refractivity contribution in [3.8, 4) is 0 Å². The first-order valence-electron chi connectivity index (χ1n) is 21.9. The monoisotopic (exact) mass is 996 g/mol. The van der Waals surface area contributed by atoms with Gasteiger partial charge in [0.25, 0.3) is 11.8 Å². The molecule has 0 unspecified atom stereocenters. The maximum Gasteiger partial charge on any atom is 0.326 e. The van der Waals surface area contributed by atoms with Gasteiger partial charge in [-0.2, -0.15) is 0 Å². The van der Waals surface area contributed by atoms with Crippen LogP contribution in [0, 0.1) is 0 Å². The summed E-state index contributed by atoms with van der Waals surface area (Å²) < 4.78 is 0. The first-order valence-corrected chi connectivity index (χ1v) is 21.9. The van der Waals surface area contributed by atoms with E-state index in [1.807, 2.05) is 21.3 Å². The number of aliphatic hydroxyl groups is 2. The fourth-order valence-electron chi connectivity index (χ4n) is 6.65. The van der Waals surface area contributed by atoms with Crippen LogP contribution in [-0.2, 0) is 47.9 Å². The summed E-state index contributed by atoms with van der Waals surface area (Å²) in [6, 6.07) is -14.6. The summed E-state index contributed by atoms with van der Waals surface area (Å²) >= 11 is 0. The number of unbranched alkanes of at least 4 members (excludes halogenated alkanes) is 2. The predicted molar refractivity (Wildman–Crippen MR) is 234 cm³/mol. The standard InChI is InChI=1S/C40H60N12O18/c41-11-5-3-9-21(39(67)68)47-31(59)19-7-1-2-8-20(32(60)48-22(40(69)70)10-4-6-12-42)46-34(62)24(16-28(57)58)50-36(64)26(18-54)52-38(66)30-29(43-13-14-44-30)37(65)51-25(17-53)35(63)49-23(15-27(55)56)33(61)45-19/h13-14,19-26,53-54H,1-12,15-18,41-42H2,(H,45,61)(H,46,62)(H,47,59)(H,48,60)(H,49,63)(H,50,64)(H,51,65)(H,52,66)(H,55,56)(H,57,58)(H,67,68)(H,69,70)/t19-,20-,21-,22-,23-,24-,25-,26+/m0/s1. The zero-order chi connectivity index (χ0) is 52.5. The highest BCUT2D eigenvalue weighted by atomic mass is 16.4. The van der Waals surface area contributed by atoms with E-state index in [1.54, 1.807) is 0 Å². The van der Waals surface area contributed by atoms with Gasteiger partial charge in [0, 0.05) is 12.4 Å². The minimum Gasteiger partial charge on any atom is -0.481 e. The van der Waals surface area contributed by atoms with Crippen molar-refractivity contribution in [1.82, 2.24) is 52.5 Å². The summed E-state index contributed by atoms with van der Waals surface area (Å²) in [5.41, 5.74) is 9.31. The summed E-state index contributed by atoms with van der Waals surface area (Å²) in [7, 11) is 0. The molecule has 8 atom stereocenters. The summed E-state index contributed by atoms with van der Waals surface area (Å²) in [6.45, 7) is -2.04. The fraction of sp³-hybridized carbons (Fsp3) is 0.600. The van der Waals surface area contributed by atoms with Gasteiger partial charge in [-0.25, -0.2) is 19.6 Å². The summed E-state index contributed by atoms with van der Waals surface area (Å²) in [6.07, 6.45) is -0.691. The number of amides is 8. The molecule has 0 aliphatic carbocycles. The Labute approximate surface area is 398 Å². The van der Waals surface area contributed by atoms with E-state index >= 15 is 0 Å². The van der Waals surface area contributed by atoms with Crippen molar-refractivity contribution in [2.45, 2.75) is 125 Å². The Balaban J connectivity index is 2.76. The lowest BCUT2D eigenvalue weighted by Crippen LogP contribution is -2.59. The zero-order valence-corrected chi connectivity index (χ0v) is 37.7. The van der Waals surface area contributed by atoms with Crippen LogP contribution >= 0.6 is 0 Å². The van der Waals surface area contributed by atoms with Crippen molar-refractivity contribution < 1.29 is 88.2 Å². The third-order valence-corrected chi connectivity index (χ3v) is 10.4. The van der Waals surface area contributed by atoms with E-state index in [0.29, 0.717) is 12.8 Å². The molecule has 0 fully saturated rings. The largest absolute Gasteiger partial charge is 0.481 e. The average Bonchev–Trinajstić information content (AvgIpc) is 3.30. The molecular weight excluding hydrogens is 937 g/mol. The molecule has 1 aliphatic rings. The molecular formula is C40H60N12O18. The predicted octanol–water partition coefficient (Wildman–Crippen LogP) is -6.48. The lowest BCUT2D eigenvalue weighted by molar-refractivity contribution is -0.143. The maximum atomic E-state index is 13.8. The van der Waals surface area contributed by atoms with E-state index in [2.05, 4.69) is 31.2 Å². The van der Waals surface area contributed by atoms with Gasteiger partial charge in [-0.05, 0) is 64.5 Å². The van der Waals surface area contributed by atoms with E-state index in [0.717, 1.165) is 12.4 Å². The second-order valence-electron chi connectivity index (χ2n) is 15.8. The number of carboxylic acid groups (broad SMARTS) is 4. The second kappa shape index (κ2) is 30.1. The second-order valence-corrected chi connectivity index (χ2v) is 15.8. The summed E-state index contributed by atoms with van der Waals surface area (Å²) in [5.74, 6) is -16.7. The minimum absolute atomic E-state index is 0.115. The van der Waals surface area contributed by atoms with E-state index in [4.69, 9.17) is 11.5 Å². The molecule has 8 amide bonds. The molecule has 0 aromatic carbocycles. The molecule has 0 saturated heterocycles. The first kappa shape index (κ1) is 58.7. The number of carbonyl (C=O) groups excluding carboxylic acids is 8. The molecule has 1 aromatic rings. The number of carboxylic acids is 4. The third-order valence-electron chi connectivity index (χ3n) is 10.4. The Morgan fingerprint density at radius 1 is 0.543 bits per heavy atom. The van der Waals surface area contributed by atoms with Crippen LogP contribution in [0.1, 0.15) is 98.0 Å². The van der Waals surface area contributed by atoms with E-state index in [-0.39, 0.29) is 51.6 Å². The van der Waals surface area contributed by atoms with Gasteiger partial charge in [-0.1, -0.05) is 12.8 Å². The van der Waals surface area contributed by atoms with Crippen LogP contribution in [0.5, 0.6) is 0 Å². The molecule has 1 aromatic heterocycles. The highest BCUT2D eigenvalue weighted by molar-refractivity contribution is 6.07. The van der Waals surface area contributed by atoms with Crippen LogP contribution in [0.15, 0.2) is 12.4 Å². The number of aliphatic hydroxyl groups excluding tert-OH is 2. The molecule has 0 spiro atoms. The Morgan fingerprint density at radius 3 is 1.19 bits per heavy atom. The third kappa shape index (κ3) is 19.7. The van der Waals surface area contributed by atoms with Crippen molar-refractivity contribution in [3.63, 3.8) is 0 Å². The lowest BCUT2D eigenvalue weighted by atomic mass is 10.0. The van der Waals surface area contributed by atoms with Gasteiger partial charge in [0.05, 0.1) is 26.1 Å². The van der Waals surface area contributed by atoms with Crippen LogP contribution < -0.4 is 54.0 Å². The fourth-order valence-corrected chi connectivity index (χ4v) is 6.65. The SMILES string of the molecule is NCCCC[C@H](NC(=O)[C@@H]1CCCC[C@@H](C(=O)N[C@@H](CCCCN)C(=O)O)NC(=O)[C@H](CC(=O)O)NC(=O)[C@@H](CO)NC(=O)c2nccnc2C(=O)N[C@@H](CO)C(=O)N[C@@H](CC(=O)O)C(=O)N1)C(=O)O. The van der Waals surface area contributed by atoms with Gasteiger partial charge in [0.15, 0.2) is 11.4 Å². The minimum atomic E-state index is -2.05. The van der Waals surface area contributed by atoms with Crippen LogP contribution in [0.2, 0.25) is 0 Å². The summed E-state index contributed by atoms with van der Waals surface area (Å²) in [5, 5.41) is 76.4. The summed E-state index contributed by atoms with van der Waals surface area (Å²) in [4.78, 5) is 164. The highest BCUT2D eigenvalue weighted by Gasteiger charge is 2.36. The highest BCUT2D eigenvalue weighted by Crippen LogP contribution is 2.13. The van der Waals surface area contributed by atoms with Crippen LogP contribution in [0.3, 0.4) is 0 Å². The van der Waals surface area contributed by atoms with Crippen molar-refractivity contribution in [3.05, 3.63) is 23.8 Å². The Bertz CT molecular complexity index is 1920. The van der Waals surface area contributed by atoms with Crippen LogP contribution in [-0.4, -0.2) is 186 Å². The van der Waals surface area contributed by atoms with E-state index in [9.17, 15) is 88.2 Å². The van der Waals surface area contributed by atoms with Gasteiger partial charge in [-0.15, -0.1) is 0 Å². The van der Waals surface area contributed by atoms with Crippen molar-refractivity contribution in [1.29, 1.82) is 0 Å². The molecule has 0 radical (unpaired) electrons. The molecule has 0 saturated carbocycles. The number of rotatable bonds is 20. The van der Waals surface area contributed by atoms with Crippen molar-refractivity contribution in [2.24, 2.45) is 11.5 Å². The van der Waals surface area contributed by atoms with Gasteiger partial charge in [-0.3, -0.25) is 47.9 Å². The molecule has 2 rings (SSSR count). The number of hydrogen-bond acceptors (Lipinski definition) is 18. The Kier molecular flexibility index (Phi) is 25.3. The zero-order valence-electron chi connectivity index (χ0n) is 37.7. The van der Waals surface area contributed by atoms with Crippen LogP contribution in [0.25, 0.3) is 0 Å². The van der Waals surface area contributed by atoms with Gasteiger partial charge >= 0.3 is 23.9 Å².